The van der Waals surface area contributed by atoms with E-state index in [2.05, 4.69) is 127 Å². The molecule has 244 valence electrons. The number of fused-ring (bicyclic) bond motifs is 9. The van der Waals surface area contributed by atoms with Crippen LogP contribution in [0.2, 0.25) is 0 Å². The summed E-state index contributed by atoms with van der Waals surface area (Å²) in [5.41, 5.74) is 8.48. The van der Waals surface area contributed by atoms with Crippen LogP contribution in [-0.4, -0.2) is 11.7 Å². The maximum atomic E-state index is 6.57. The Labute approximate surface area is 298 Å². The number of nitrogens with one attached hydrogen (secondary N) is 1. The number of aliphatic imine (C=N–C) groups is 2. The molecule has 1 atom stereocenters. The lowest BCUT2D eigenvalue weighted by atomic mass is 9.95. The van der Waals surface area contributed by atoms with Crippen LogP contribution in [0.25, 0.3) is 76.5 Å². The van der Waals surface area contributed by atoms with E-state index in [0.717, 1.165) is 88.3 Å². The number of hydrogen-bond acceptors (Lipinski definition) is 5. The molecule has 1 N–H and O–H groups in total. The highest BCUT2D eigenvalue weighted by Crippen LogP contribution is 2.41. The lowest BCUT2D eigenvalue weighted by Crippen LogP contribution is -2.33. The molecule has 0 saturated carbocycles. The van der Waals surface area contributed by atoms with Crippen molar-refractivity contribution in [1.82, 2.24) is 5.32 Å². The van der Waals surface area contributed by atoms with Crippen LogP contribution >= 0.6 is 0 Å². The molecule has 1 aliphatic heterocycles. The molecule has 5 nitrogen and oxygen atoms in total. The maximum absolute atomic E-state index is 6.57. The Bertz CT molecular complexity index is 3110. The number of furan rings is 2. The molecular weight excluding hydrogens is 639 g/mol. The zero-order chi connectivity index (χ0) is 34.2. The Morgan fingerprint density at radius 1 is 0.442 bits per heavy atom. The van der Waals surface area contributed by atoms with Crippen LogP contribution in [0, 0.1) is 0 Å². The summed E-state index contributed by atoms with van der Waals surface area (Å²) >= 11 is 0. The van der Waals surface area contributed by atoms with Crippen molar-refractivity contribution in [2.45, 2.75) is 6.17 Å². The standard InChI is InChI=1S/C47H29N3O2/c1-2-12-28(13-3-1)45-48-46(50-47(49-45)38-26-29-14-4-5-15-31(29)33-16-6-7-17-34(33)38)37-20-11-23-41-44(37)43-32(19-10-22-40(43)52-41)30-24-25-36-35-18-8-9-21-39(35)51-42(36)27-30/h1-27,45H,(H,48,49,50). The van der Waals surface area contributed by atoms with Crippen molar-refractivity contribution in [3.8, 4) is 11.1 Å². The fourth-order valence-corrected chi connectivity index (χ4v) is 7.95. The Morgan fingerprint density at radius 2 is 1.08 bits per heavy atom. The number of para-hydroxylation sites is 1. The van der Waals surface area contributed by atoms with Crippen molar-refractivity contribution in [1.29, 1.82) is 0 Å². The average Bonchev–Trinajstić information content (AvgIpc) is 3.79. The highest BCUT2D eigenvalue weighted by molar-refractivity contribution is 6.26. The van der Waals surface area contributed by atoms with E-state index >= 15 is 0 Å². The first-order valence-corrected chi connectivity index (χ1v) is 17.5. The molecule has 3 heterocycles. The predicted octanol–water partition coefficient (Wildman–Crippen LogP) is 12.0. The number of rotatable bonds is 4. The van der Waals surface area contributed by atoms with Crippen LogP contribution in [0.5, 0.6) is 0 Å². The summed E-state index contributed by atoms with van der Waals surface area (Å²) in [7, 11) is 0. The quantitative estimate of drug-likeness (QED) is 0.190. The molecule has 1 aliphatic rings. The Kier molecular flexibility index (Phi) is 6.25. The fraction of sp³-hybridized carbons (Fsp3) is 0.0213. The van der Waals surface area contributed by atoms with Crippen LogP contribution in [0.3, 0.4) is 0 Å². The van der Waals surface area contributed by atoms with Gasteiger partial charge in [-0.3, -0.25) is 0 Å². The van der Waals surface area contributed by atoms with Crippen molar-refractivity contribution >= 4 is 77.1 Å². The van der Waals surface area contributed by atoms with E-state index in [-0.39, 0.29) is 6.17 Å². The van der Waals surface area contributed by atoms with Gasteiger partial charge in [-0.2, -0.15) is 0 Å². The highest BCUT2D eigenvalue weighted by Gasteiger charge is 2.26. The van der Waals surface area contributed by atoms with Crippen LogP contribution in [0.4, 0.5) is 0 Å². The number of benzene rings is 8. The average molecular weight is 668 g/mol. The Balaban J connectivity index is 1.14. The zero-order valence-electron chi connectivity index (χ0n) is 27.9. The van der Waals surface area contributed by atoms with Gasteiger partial charge >= 0.3 is 0 Å². The van der Waals surface area contributed by atoms with Gasteiger partial charge in [0.1, 0.15) is 34.3 Å². The zero-order valence-corrected chi connectivity index (χ0v) is 27.9. The molecule has 11 rings (SSSR count). The third kappa shape index (κ3) is 4.42. The molecular formula is C47H29N3O2. The maximum Gasteiger partial charge on any atom is 0.160 e. The summed E-state index contributed by atoms with van der Waals surface area (Å²) in [6.07, 6.45) is -0.350. The molecule has 0 bridgehead atoms. The van der Waals surface area contributed by atoms with Crippen molar-refractivity contribution < 1.29 is 8.83 Å². The van der Waals surface area contributed by atoms with Gasteiger partial charge in [0.25, 0.3) is 0 Å². The van der Waals surface area contributed by atoms with Gasteiger partial charge < -0.3 is 14.2 Å². The van der Waals surface area contributed by atoms with E-state index in [1.165, 1.54) is 10.8 Å². The van der Waals surface area contributed by atoms with Gasteiger partial charge in [0.05, 0.1) is 0 Å². The van der Waals surface area contributed by atoms with Gasteiger partial charge in [-0.05, 0) is 74.6 Å². The highest BCUT2D eigenvalue weighted by atomic mass is 16.3. The summed E-state index contributed by atoms with van der Waals surface area (Å²) in [6.45, 7) is 0. The lowest BCUT2D eigenvalue weighted by Gasteiger charge is -2.24. The first-order valence-electron chi connectivity index (χ1n) is 17.5. The van der Waals surface area contributed by atoms with E-state index in [4.69, 9.17) is 18.8 Å². The molecule has 1 unspecified atom stereocenters. The fourth-order valence-electron chi connectivity index (χ4n) is 7.95. The molecule has 5 heteroatoms. The van der Waals surface area contributed by atoms with Gasteiger partial charge in [0.15, 0.2) is 5.84 Å². The van der Waals surface area contributed by atoms with Crippen molar-refractivity contribution in [2.24, 2.45) is 9.98 Å². The summed E-state index contributed by atoms with van der Waals surface area (Å²) < 4.78 is 12.9. The summed E-state index contributed by atoms with van der Waals surface area (Å²) in [6, 6.07) is 56.8. The Morgan fingerprint density at radius 3 is 1.92 bits per heavy atom. The van der Waals surface area contributed by atoms with E-state index < -0.39 is 0 Å². The van der Waals surface area contributed by atoms with Crippen LogP contribution in [-0.2, 0) is 0 Å². The van der Waals surface area contributed by atoms with Crippen molar-refractivity contribution in [3.05, 3.63) is 180 Å². The van der Waals surface area contributed by atoms with Crippen LogP contribution < -0.4 is 5.32 Å². The first kappa shape index (κ1) is 28.8. The molecule has 0 radical (unpaired) electrons. The van der Waals surface area contributed by atoms with Gasteiger partial charge in [-0.25, -0.2) is 9.98 Å². The molecule has 0 amide bonds. The second-order valence-electron chi connectivity index (χ2n) is 13.3. The molecule has 0 saturated heterocycles. The summed E-state index contributed by atoms with van der Waals surface area (Å²) in [5, 5.41) is 12.6. The second-order valence-corrected chi connectivity index (χ2v) is 13.3. The largest absolute Gasteiger partial charge is 0.456 e. The van der Waals surface area contributed by atoms with Gasteiger partial charge in [-0.15, -0.1) is 0 Å². The van der Waals surface area contributed by atoms with Gasteiger partial charge in [0.2, 0.25) is 0 Å². The second kappa shape index (κ2) is 11.3. The number of hydrogen-bond donors (Lipinski definition) is 1. The minimum Gasteiger partial charge on any atom is -0.456 e. The third-order valence-corrected chi connectivity index (χ3v) is 10.3. The molecule has 0 spiro atoms. The topological polar surface area (TPSA) is 63.0 Å². The van der Waals surface area contributed by atoms with Crippen molar-refractivity contribution in [2.75, 3.05) is 0 Å². The first-order chi connectivity index (χ1) is 25.8. The molecule has 0 aliphatic carbocycles. The molecule has 10 aromatic rings. The summed E-state index contributed by atoms with van der Waals surface area (Å²) in [4.78, 5) is 10.6. The van der Waals surface area contributed by atoms with E-state index in [1.54, 1.807) is 0 Å². The van der Waals surface area contributed by atoms with Gasteiger partial charge in [0, 0.05) is 32.7 Å². The van der Waals surface area contributed by atoms with E-state index in [9.17, 15) is 0 Å². The van der Waals surface area contributed by atoms with E-state index in [1.807, 2.05) is 42.5 Å². The minimum atomic E-state index is -0.350. The molecule has 0 fully saturated rings. The smallest absolute Gasteiger partial charge is 0.160 e. The SMILES string of the molecule is c1ccc(C2N=C(c3cc4ccccc4c4ccccc34)N=C(c3cccc4oc5cccc(-c6ccc7c(c6)oc6ccccc67)c5c34)N2)cc1. The lowest BCUT2D eigenvalue weighted by molar-refractivity contribution is 0.667. The number of amidine groups is 2. The molecule has 8 aromatic carbocycles. The predicted molar refractivity (Wildman–Crippen MR) is 213 cm³/mol. The monoisotopic (exact) mass is 667 g/mol. The van der Waals surface area contributed by atoms with Gasteiger partial charge in [-0.1, -0.05) is 127 Å². The minimum absolute atomic E-state index is 0.350. The summed E-state index contributed by atoms with van der Waals surface area (Å²) in [5.74, 6) is 1.43. The van der Waals surface area contributed by atoms with Crippen LogP contribution in [0.15, 0.2) is 183 Å². The van der Waals surface area contributed by atoms with Crippen LogP contribution in [0.1, 0.15) is 22.9 Å². The normalized spacial score (nSPS) is 14.7. The number of nitrogens with zero attached hydrogens (tertiary/aromatic N) is 2. The molecule has 2 aromatic heterocycles. The third-order valence-electron chi connectivity index (χ3n) is 10.3. The molecule has 52 heavy (non-hydrogen) atoms. The Hall–Kier alpha value is -6.98. The van der Waals surface area contributed by atoms with E-state index in [0.29, 0.717) is 5.84 Å². The van der Waals surface area contributed by atoms with Crippen molar-refractivity contribution in [3.63, 3.8) is 0 Å².